The smallest absolute Gasteiger partial charge is 0.162 e. The maximum absolute atomic E-state index is 8.06. The Balaban J connectivity index is 0.000000357. The second-order valence-corrected chi connectivity index (χ2v) is 4.37. The van der Waals surface area contributed by atoms with Crippen LogP contribution in [0.15, 0.2) is 30.9 Å². The molecule has 2 rings (SSSR count). The summed E-state index contributed by atoms with van der Waals surface area (Å²) in [6.07, 6.45) is 2.86. The molecule has 1 N–H and O–H groups in total. The minimum Gasteiger partial charge on any atom is -0.394 e. The first-order valence-corrected chi connectivity index (χ1v) is 5.88. The topological polar surface area (TPSA) is 58.9 Å². The van der Waals surface area contributed by atoms with Gasteiger partial charge < -0.3 is 5.11 Å². The second kappa shape index (κ2) is 6.81. The van der Waals surface area contributed by atoms with Gasteiger partial charge >= 0.3 is 0 Å². The molecule has 1 aromatic carbocycles. The van der Waals surface area contributed by atoms with Crippen LogP contribution in [0.2, 0.25) is 0 Å². The number of benzene rings is 1. The Kier molecular flexibility index (Phi) is 5.39. The van der Waals surface area contributed by atoms with Gasteiger partial charge in [-0.3, -0.25) is 0 Å². The van der Waals surface area contributed by atoms with Gasteiger partial charge in [0.2, 0.25) is 0 Å². The standard InChI is InChI=1S/C11H11N3.C3H8O/c1-8-3-4-10(9(2)5-8)11-13-6-12-7-14-11;1-3(2)4/h3-7H,1-2H3;3-4H,1-2H3. The first-order valence-electron chi connectivity index (χ1n) is 5.88. The van der Waals surface area contributed by atoms with Crippen LogP contribution in [-0.4, -0.2) is 26.2 Å². The van der Waals surface area contributed by atoms with E-state index in [0.717, 1.165) is 11.4 Å². The Morgan fingerprint density at radius 2 is 1.61 bits per heavy atom. The van der Waals surface area contributed by atoms with E-state index < -0.39 is 0 Å². The molecule has 0 spiro atoms. The lowest BCUT2D eigenvalue weighted by Crippen LogP contribution is -1.91. The fourth-order valence-electron chi connectivity index (χ4n) is 1.44. The minimum atomic E-state index is -0.167. The molecule has 4 nitrogen and oxygen atoms in total. The van der Waals surface area contributed by atoms with Crippen LogP contribution < -0.4 is 0 Å². The number of aromatic nitrogens is 3. The van der Waals surface area contributed by atoms with Gasteiger partial charge in [-0.2, -0.15) is 0 Å². The molecule has 2 aromatic rings. The molecule has 0 unspecified atom stereocenters. The highest BCUT2D eigenvalue weighted by Crippen LogP contribution is 2.19. The van der Waals surface area contributed by atoms with Crippen LogP contribution in [0.3, 0.4) is 0 Å². The number of hydrogen-bond acceptors (Lipinski definition) is 4. The molecule has 1 aromatic heterocycles. The van der Waals surface area contributed by atoms with Gasteiger partial charge in [-0.15, -0.1) is 0 Å². The van der Waals surface area contributed by atoms with Crippen LogP contribution in [0.1, 0.15) is 25.0 Å². The number of aliphatic hydroxyl groups excluding tert-OH is 1. The van der Waals surface area contributed by atoms with E-state index in [1.807, 2.05) is 6.07 Å². The zero-order valence-electron chi connectivity index (χ0n) is 11.3. The molecule has 0 atom stereocenters. The number of rotatable bonds is 1. The molecule has 0 bridgehead atoms. The van der Waals surface area contributed by atoms with Crippen molar-refractivity contribution in [2.24, 2.45) is 0 Å². The Hall–Kier alpha value is -1.81. The Labute approximate surface area is 108 Å². The van der Waals surface area contributed by atoms with Crippen molar-refractivity contribution in [1.82, 2.24) is 15.0 Å². The SMILES string of the molecule is CC(C)O.Cc1ccc(-c2ncncn2)c(C)c1. The molecule has 0 aliphatic carbocycles. The number of aliphatic hydroxyl groups is 1. The normalized spacial score (nSPS) is 9.89. The first kappa shape index (κ1) is 14.3. The van der Waals surface area contributed by atoms with Gasteiger partial charge in [0, 0.05) is 11.7 Å². The van der Waals surface area contributed by atoms with Crippen molar-refractivity contribution in [3.63, 3.8) is 0 Å². The third-order valence-electron chi connectivity index (χ3n) is 2.12. The van der Waals surface area contributed by atoms with Crippen molar-refractivity contribution in [3.8, 4) is 11.4 Å². The van der Waals surface area contributed by atoms with E-state index >= 15 is 0 Å². The highest BCUT2D eigenvalue weighted by molar-refractivity contribution is 5.59. The van der Waals surface area contributed by atoms with Crippen LogP contribution in [0.25, 0.3) is 11.4 Å². The minimum absolute atomic E-state index is 0.167. The van der Waals surface area contributed by atoms with E-state index in [0.29, 0.717) is 0 Å². The summed E-state index contributed by atoms with van der Waals surface area (Å²) in [4.78, 5) is 12.0. The molecule has 96 valence electrons. The fraction of sp³-hybridized carbons (Fsp3) is 0.357. The maximum atomic E-state index is 8.06. The molecule has 0 fully saturated rings. The van der Waals surface area contributed by atoms with Crippen molar-refractivity contribution in [3.05, 3.63) is 42.0 Å². The summed E-state index contributed by atoms with van der Waals surface area (Å²) in [5.41, 5.74) is 3.51. The Bertz CT molecular complexity index is 481. The molecule has 0 radical (unpaired) electrons. The molecule has 0 aliphatic heterocycles. The number of nitrogens with zero attached hydrogens (tertiary/aromatic N) is 3. The lowest BCUT2D eigenvalue weighted by molar-refractivity contribution is 0.216. The highest BCUT2D eigenvalue weighted by Gasteiger charge is 2.03. The largest absolute Gasteiger partial charge is 0.394 e. The maximum Gasteiger partial charge on any atom is 0.162 e. The van der Waals surface area contributed by atoms with Gasteiger partial charge in [-0.25, -0.2) is 15.0 Å². The molecular formula is C14H19N3O. The van der Waals surface area contributed by atoms with Crippen molar-refractivity contribution in [2.45, 2.75) is 33.8 Å². The van der Waals surface area contributed by atoms with Crippen LogP contribution >= 0.6 is 0 Å². The van der Waals surface area contributed by atoms with E-state index in [9.17, 15) is 0 Å². The first-order chi connectivity index (χ1) is 8.50. The summed E-state index contributed by atoms with van der Waals surface area (Å²) in [5.74, 6) is 0.734. The summed E-state index contributed by atoms with van der Waals surface area (Å²) in [6.45, 7) is 7.58. The van der Waals surface area contributed by atoms with Gasteiger partial charge in [0.25, 0.3) is 0 Å². The molecule has 0 aliphatic rings. The molecular weight excluding hydrogens is 226 g/mol. The number of aryl methyl sites for hydroxylation is 2. The predicted octanol–water partition coefficient (Wildman–Crippen LogP) is 2.54. The van der Waals surface area contributed by atoms with E-state index in [-0.39, 0.29) is 6.10 Å². The van der Waals surface area contributed by atoms with Crippen molar-refractivity contribution >= 4 is 0 Å². The monoisotopic (exact) mass is 245 g/mol. The summed E-state index contributed by atoms with van der Waals surface area (Å²) in [6, 6.07) is 6.23. The Morgan fingerprint density at radius 1 is 1.06 bits per heavy atom. The third-order valence-corrected chi connectivity index (χ3v) is 2.12. The third kappa shape index (κ3) is 4.59. The number of hydrogen-bond donors (Lipinski definition) is 1. The van der Waals surface area contributed by atoms with E-state index in [1.165, 1.54) is 23.8 Å². The van der Waals surface area contributed by atoms with Gasteiger partial charge in [0.1, 0.15) is 12.7 Å². The van der Waals surface area contributed by atoms with Crippen LogP contribution in [0.4, 0.5) is 0 Å². The van der Waals surface area contributed by atoms with Crippen LogP contribution in [-0.2, 0) is 0 Å². The second-order valence-electron chi connectivity index (χ2n) is 4.37. The molecule has 18 heavy (non-hydrogen) atoms. The van der Waals surface area contributed by atoms with Crippen molar-refractivity contribution in [1.29, 1.82) is 0 Å². The summed E-state index contributed by atoms with van der Waals surface area (Å²) < 4.78 is 0. The summed E-state index contributed by atoms with van der Waals surface area (Å²) >= 11 is 0. The van der Waals surface area contributed by atoms with Crippen LogP contribution in [0.5, 0.6) is 0 Å². The zero-order chi connectivity index (χ0) is 13.5. The van der Waals surface area contributed by atoms with Crippen LogP contribution in [0, 0.1) is 13.8 Å². The molecule has 4 heteroatoms. The van der Waals surface area contributed by atoms with E-state index in [1.54, 1.807) is 13.8 Å². The predicted molar refractivity (Wildman–Crippen MR) is 72.1 cm³/mol. The van der Waals surface area contributed by atoms with Gasteiger partial charge in [0.05, 0.1) is 0 Å². The molecule has 0 saturated heterocycles. The fourth-order valence-corrected chi connectivity index (χ4v) is 1.44. The van der Waals surface area contributed by atoms with E-state index in [4.69, 9.17) is 5.11 Å². The van der Waals surface area contributed by atoms with Gasteiger partial charge in [-0.05, 0) is 33.3 Å². The van der Waals surface area contributed by atoms with Crippen molar-refractivity contribution in [2.75, 3.05) is 0 Å². The Morgan fingerprint density at radius 3 is 2.11 bits per heavy atom. The lowest BCUT2D eigenvalue weighted by Gasteiger charge is -2.03. The van der Waals surface area contributed by atoms with E-state index in [2.05, 4.69) is 40.9 Å². The van der Waals surface area contributed by atoms with Crippen molar-refractivity contribution < 1.29 is 5.11 Å². The molecule has 1 heterocycles. The average molecular weight is 245 g/mol. The van der Waals surface area contributed by atoms with Gasteiger partial charge in [0.15, 0.2) is 5.82 Å². The molecule has 0 saturated carbocycles. The average Bonchev–Trinajstić information content (AvgIpc) is 2.29. The summed E-state index contributed by atoms with van der Waals surface area (Å²) in [7, 11) is 0. The highest BCUT2D eigenvalue weighted by atomic mass is 16.3. The quantitative estimate of drug-likeness (QED) is 0.838. The molecule has 0 amide bonds. The van der Waals surface area contributed by atoms with Gasteiger partial charge in [-0.1, -0.05) is 23.8 Å². The lowest BCUT2D eigenvalue weighted by atomic mass is 10.1. The zero-order valence-corrected chi connectivity index (χ0v) is 11.3. The summed E-state index contributed by atoms with van der Waals surface area (Å²) in [5, 5.41) is 8.06.